The molecule has 6 rings (SSSR count). The minimum Gasteiger partial charge on any atom is -0.324 e. The molecule has 1 saturated carbocycles. The Morgan fingerprint density at radius 2 is 2.09 bits per heavy atom. The van der Waals surface area contributed by atoms with Crippen molar-refractivity contribution >= 4 is 22.7 Å². The maximum atomic E-state index is 13.2. The maximum absolute atomic E-state index is 13.2. The van der Waals surface area contributed by atoms with Crippen LogP contribution in [0.15, 0.2) is 47.5 Å². The van der Waals surface area contributed by atoms with Crippen molar-refractivity contribution in [1.29, 1.82) is 5.26 Å². The van der Waals surface area contributed by atoms with Crippen molar-refractivity contribution in [1.82, 2.24) is 29.6 Å². The molecule has 1 aromatic carbocycles. The highest BCUT2D eigenvalue weighted by atomic mass is 16.1. The Kier molecular flexibility index (Phi) is 5.11. The quantitative estimate of drug-likeness (QED) is 0.464. The zero-order valence-corrected chi connectivity index (χ0v) is 19.6. The zero-order valence-electron chi connectivity index (χ0n) is 19.6. The number of nitrogens with zero attached hydrogens (tertiary/aromatic N) is 6. The third-order valence-electron chi connectivity index (χ3n) is 7.22. The molecule has 1 aliphatic carbocycles. The van der Waals surface area contributed by atoms with Gasteiger partial charge in [0, 0.05) is 31.2 Å². The van der Waals surface area contributed by atoms with Crippen LogP contribution in [-0.4, -0.2) is 30.9 Å². The Morgan fingerprint density at radius 1 is 1.20 bits per heavy atom. The van der Waals surface area contributed by atoms with Gasteiger partial charge in [-0.3, -0.25) is 9.78 Å². The number of pyridine rings is 1. The van der Waals surface area contributed by atoms with Crippen LogP contribution in [0.25, 0.3) is 16.7 Å². The van der Waals surface area contributed by atoms with E-state index >= 15 is 0 Å². The van der Waals surface area contributed by atoms with E-state index in [2.05, 4.69) is 38.8 Å². The van der Waals surface area contributed by atoms with Gasteiger partial charge in [-0.25, -0.2) is 14.3 Å². The highest BCUT2D eigenvalue weighted by Crippen LogP contribution is 2.42. The summed E-state index contributed by atoms with van der Waals surface area (Å²) < 4.78 is 3.46. The Balaban J connectivity index is 1.44. The Hall–Kier alpha value is -4.03. The fourth-order valence-corrected chi connectivity index (χ4v) is 5.09. The van der Waals surface area contributed by atoms with Crippen molar-refractivity contribution in [2.24, 2.45) is 0 Å². The minimum absolute atomic E-state index is 0.146. The van der Waals surface area contributed by atoms with Crippen molar-refractivity contribution in [2.45, 2.75) is 51.1 Å². The average molecular weight is 467 g/mol. The lowest BCUT2D eigenvalue weighted by atomic mass is 9.67. The summed E-state index contributed by atoms with van der Waals surface area (Å²) >= 11 is 0. The van der Waals surface area contributed by atoms with Crippen molar-refractivity contribution in [3.05, 3.63) is 69.9 Å². The lowest BCUT2D eigenvalue weighted by Crippen LogP contribution is -2.33. The van der Waals surface area contributed by atoms with E-state index in [1.165, 1.54) is 11.1 Å². The van der Waals surface area contributed by atoms with Crippen LogP contribution in [0.1, 0.15) is 43.0 Å². The van der Waals surface area contributed by atoms with Gasteiger partial charge in [0.25, 0.3) is 5.56 Å². The summed E-state index contributed by atoms with van der Waals surface area (Å²) in [5.74, 6) is 0.426. The summed E-state index contributed by atoms with van der Waals surface area (Å²) in [6.07, 6.45) is 6.91. The number of benzene rings is 1. The molecule has 0 atom stereocenters. The summed E-state index contributed by atoms with van der Waals surface area (Å²) in [5, 5.41) is 16.9. The lowest BCUT2D eigenvalue weighted by molar-refractivity contribution is 0.316. The number of fused-ring (bicyclic) bond motifs is 2. The van der Waals surface area contributed by atoms with Crippen LogP contribution in [0.2, 0.25) is 0 Å². The van der Waals surface area contributed by atoms with E-state index in [4.69, 9.17) is 4.98 Å². The summed E-state index contributed by atoms with van der Waals surface area (Å²) in [7, 11) is 0. The third kappa shape index (κ3) is 3.49. The molecule has 9 nitrogen and oxygen atoms in total. The normalized spacial score (nSPS) is 16.3. The monoisotopic (exact) mass is 466 g/mol. The van der Waals surface area contributed by atoms with Crippen LogP contribution in [0.3, 0.4) is 0 Å². The number of rotatable bonds is 5. The molecule has 0 bridgehead atoms. The van der Waals surface area contributed by atoms with Gasteiger partial charge in [0.2, 0.25) is 5.95 Å². The Bertz CT molecular complexity index is 1540. The third-order valence-corrected chi connectivity index (χ3v) is 7.22. The van der Waals surface area contributed by atoms with Crippen LogP contribution < -0.4 is 16.2 Å². The fraction of sp³-hybridized carbons (Fsp3) is 0.346. The second-order valence-corrected chi connectivity index (χ2v) is 9.25. The van der Waals surface area contributed by atoms with Crippen LogP contribution in [0.5, 0.6) is 0 Å². The second kappa shape index (κ2) is 8.32. The average Bonchev–Trinajstić information content (AvgIpc) is 3.14. The van der Waals surface area contributed by atoms with Gasteiger partial charge in [0.15, 0.2) is 5.65 Å². The van der Waals surface area contributed by atoms with Crippen LogP contribution in [0.4, 0.5) is 11.6 Å². The number of nitriles is 1. The van der Waals surface area contributed by atoms with Gasteiger partial charge >= 0.3 is 0 Å². The van der Waals surface area contributed by atoms with Gasteiger partial charge in [0.1, 0.15) is 5.39 Å². The van der Waals surface area contributed by atoms with Gasteiger partial charge in [-0.05, 0) is 74.5 Å². The zero-order chi connectivity index (χ0) is 24.0. The van der Waals surface area contributed by atoms with E-state index in [1.54, 1.807) is 17.1 Å². The van der Waals surface area contributed by atoms with Crippen molar-refractivity contribution < 1.29 is 0 Å². The molecule has 0 spiro atoms. The maximum Gasteiger partial charge on any atom is 0.278 e. The molecule has 2 N–H and O–H groups in total. The van der Waals surface area contributed by atoms with E-state index in [-0.39, 0.29) is 5.56 Å². The molecule has 0 saturated heterocycles. The van der Waals surface area contributed by atoms with E-state index in [9.17, 15) is 10.1 Å². The number of aromatic nitrogens is 5. The Morgan fingerprint density at radius 3 is 2.86 bits per heavy atom. The van der Waals surface area contributed by atoms with Crippen molar-refractivity contribution in [3.8, 4) is 11.8 Å². The lowest BCUT2D eigenvalue weighted by Gasteiger charge is -2.34. The summed E-state index contributed by atoms with van der Waals surface area (Å²) in [6.45, 7) is 4.25. The first-order chi connectivity index (χ1) is 17.1. The molecule has 2 aliphatic rings. The molecule has 9 heteroatoms. The number of hydrogen-bond acceptors (Lipinski definition) is 7. The number of hydrogen-bond donors (Lipinski definition) is 2. The van der Waals surface area contributed by atoms with Crippen LogP contribution in [-0.2, 0) is 24.9 Å². The Labute approximate surface area is 202 Å². The topological polar surface area (TPSA) is 113 Å². The predicted octanol–water partition coefficient (Wildman–Crippen LogP) is 3.33. The van der Waals surface area contributed by atoms with Gasteiger partial charge in [0.05, 0.1) is 22.9 Å². The molecule has 1 fully saturated rings. The molecular weight excluding hydrogens is 440 g/mol. The van der Waals surface area contributed by atoms with E-state index in [1.807, 2.05) is 29.8 Å². The molecule has 0 amide bonds. The standard InChI is InChI=1S/C26H26N8O/c1-2-33-24(35)21-15-30-25(31-19-5-4-18-14-28-10-6-17(18)12-19)32-23(21)34(33)20-7-11-29-22(13-20)26(16-27)8-3-9-26/h4-5,7,11-13,15,28H,2-3,6,8-10,14H2,1H3,(H,30,31,32). The molecule has 1 aliphatic heterocycles. The first-order valence-corrected chi connectivity index (χ1v) is 12.1. The van der Waals surface area contributed by atoms with Gasteiger partial charge in [-0.2, -0.15) is 10.2 Å². The van der Waals surface area contributed by atoms with E-state index in [0.717, 1.165) is 55.8 Å². The highest BCUT2D eigenvalue weighted by Gasteiger charge is 2.40. The van der Waals surface area contributed by atoms with E-state index in [0.29, 0.717) is 23.5 Å². The molecule has 3 aromatic heterocycles. The molecule has 35 heavy (non-hydrogen) atoms. The molecule has 4 heterocycles. The van der Waals surface area contributed by atoms with Crippen molar-refractivity contribution in [2.75, 3.05) is 11.9 Å². The largest absolute Gasteiger partial charge is 0.324 e. The molecular formula is C26H26N8O. The first kappa shape index (κ1) is 21.5. The summed E-state index contributed by atoms with van der Waals surface area (Å²) in [5.41, 5.74) is 4.88. The predicted molar refractivity (Wildman–Crippen MR) is 133 cm³/mol. The molecule has 4 aromatic rings. The molecule has 0 radical (unpaired) electrons. The van der Waals surface area contributed by atoms with Gasteiger partial charge < -0.3 is 10.6 Å². The second-order valence-electron chi connectivity index (χ2n) is 9.25. The molecule has 0 unspecified atom stereocenters. The first-order valence-electron chi connectivity index (χ1n) is 12.1. The fourth-order valence-electron chi connectivity index (χ4n) is 5.09. The SMILES string of the molecule is CCn1c(=O)c2cnc(Nc3ccc4c(c3)CCNC4)nc2n1-c1ccnc(C2(C#N)CCC2)c1. The van der Waals surface area contributed by atoms with E-state index < -0.39 is 5.41 Å². The van der Waals surface area contributed by atoms with Gasteiger partial charge in [-0.1, -0.05) is 6.07 Å². The summed E-state index contributed by atoms with van der Waals surface area (Å²) in [4.78, 5) is 26.9. The van der Waals surface area contributed by atoms with Crippen LogP contribution >= 0.6 is 0 Å². The van der Waals surface area contributed by atoms with Crippen LogP contribution in [0, 0.1) is 11.3 Å². The summed E-state index contributed by atoms with van der Waals surface area (Å²) in [6, 6.07) is 12.5. The van der Waals surface area contributed by atoms with Crippen molar-refractivity contribution in [3.63, 3.8) is 0 Å². The number of anilines is 2. The molecule has 176 valence electrons. The minimum atomic E-state index is -0.542. The highest BCUT2D eigenvalue weighted by molar-refractivity contribution is 5.77. The number of nitrogens with one attached hydrogen (secondary N) is 2. The smallest absolute Gasteiger partial charge is 0.278 e. The van der Waals surface area contributed by atoms with Gasteiger partial charge in [-0.15, -0.1) is 0 Å².